The molecule has 0 radical (unpaired) electrons. The van der Waals surface area contributed by atoms with Crippen molar-refractivity contribution < 1.29 is 9.53 Å². The topological polar surface area (TPSA) is 54.8 Å². The van der Waals surface area contributed by atoms with Crippen molar-refractivity contribution in [2.75, 3.05) is 7.11 Å². The number of ether oxygens (including phenoxy) is 1. The lowest BCUT2D eigenvalue weighted by atomic mass is 10.2. The molecule has 0 saturated carbocycles. The van der Waals surface area contributed by atoms with E-state index in [0.29, 0.717) is 16.3 Å². The lowest BCUT2D eigenvalue weighted by molar-refractivity contribution is 0.0747. The van der Waals surface area contributed by atoms with Crippen LogP contribution in [-0.4, -0.2) is 28.1 Å². The number of hydrogen-bond donors (Lipinski definition) is 0. The van der Waals surface area contributed by atoms with Crippen LogP contribution in [0.25, 0.3) is 0 Å². The summed E-state index contributed by atoms with van der Waals surface area (Å²) in [6.07, 6.45) is 3.17. The van der Waals surface area contributed by atoms with Gasteiger partial charge in [-0.3, -0.25) is 9.78 Å². The van der Waals surface area contributed by atoms with E-state index >= 15 is 0 Å². The van der Waals surface area contributed by atoms with Crippen LogP contribution >= 0.6 is 39.3 Å². The Morgan fingerprint density at radius 1 is 1.17 bits per heavy atom. The summed E-state index contributed by atoms with van der Waals surface area (Å²) in [5.41, 5.74) is 2.20. The van der Waals surface area contributed by atoms with E-state index in [1.807, 2.05) is 36.4 Å². The molecule has 0 bridgehead atoms. The van der Waals surface area contributed by atoms with E-state index in [1.54, 1.807) is 31.5 Å². The minimum atomic E-state index is -0.372. The van der Waals surface area contributed by atoms with Gasteiger partial charge in [0.05, 0.1) is 12.7 Å². The predicted octanol–water partition coefficient (Wildman–Crippen LogP) is 5.76. The van der Waals surface area contributed by atoms with Gasteiger partial charge in [-0.05, 0) is 40.2 Å². The number of aromatic nitrogens is 1. The molecule has 0 spiro atoms. The highest BCUT2D eigenvalue weighted by atomic mass is 79.9. The van der Waals surface area contributed by atoms with Crippen LogP contribution in [0, 0.1) is 0 Å². The summed E-state index contributed by atoms with van der Waals surface area (Å²) in [4.78, 5) is 17.4. The summed E-state index contributed by atoms with van der Waals surface area (Å²) < 4.78 is 6.26. The molecule has 5 nitrogen and oxygen atoms in total. The van der Waals surface area contributed by atoms with E-state index in [9.17, 15) is 4.79 Å². The monoisotopic (exact) mass is 487 g/mol. The number of benzene rings is 2. The maximum Gasteiger partial charge on any atom is 0.277 e. The lowest BCUT2D eigenvalue weighted by Crippen LogP contribution is -2.26. The first kappa shape index (κ1) is 19.9. The van der Waals surface area contributed by atoms with Gasteiger partial charge in [0.1, 0.15) is 16.2 Å². The van der Waals surface area contributed by atoms with E-state index in [4.69, 9.17) is 16.3 Å². The molecule has 146 valence electrons. The molecular weight excluding hydrogens is 474 g/mol. The number of rotatable bonds is 4. The molecule has 1 amide bonds. The third kappa shape index (κ3) is 4.17. The first-order valence-corrected chi connectivity index (χ1v) is 10.7. The van der Waals surface area contributed by atoms with Gasteiger partial charge in [-0.25, -0.2) is 5.01 Å². The van der Waals surface area contributed by atoms with Crippen molar-refractivity contribution in [1.82, 2.24) is 9.99 Å². The third-order valence-corrected chi connectivity index (χ3v) is 6.20. The van der Waals surface area contributed by atoms with Crippen LogP contribution in [0.4, 0.5) is 0 Å². The molecule has 1 aromatic heterocycles. The molecule has 1 aliphatic rings. The fourth-order valence-electron chi connectivity index (χ4n) is 2.93. The molecule has 29 heavy (non-hydrogen) atoms. The second-order valence-corrected chi connectivity index (χ2v) is 8.59. The Labute approximate surface area is 185 Å². The number of halogens is 2. The van der Waals surface area contributed by atoms with Crippen molar-refractivity contribution in [2.45, 2.75) is 5.37 Å². The number of carbonyl (C=O) groups is 1. The predicted molar refractivity (Wildman–Crippen MR) is 119 cm³/mol. The van der Waals surface area contributed by atoms with E-state index in [-0.39, 0.29) is 11.3 Å². The largest absolute Gasteiger partial charge is 0.496 e. The number of hydrazone groups is 1. The van der Waals surface area contributed by atoms with Gasteiger partial charge < -0.3 is 4.74 Å². The first-order valence-electron chi connectivity index (χ1n) is 8.65. The normalized spacial score (nSPS) is 15.9. The van der Waals surface area contributed by atoms with Crippen LogP contribution in [-0.2, 0) is 0 Å². The molecule has 3 aromatic rings. The number of methoxy groups -OCH3 is 1. The summed E-state index contributed by atoms with van der Waals surface area (Å²) in [6, 6.07) is 16.8. The summed E-state index contributed by atoms with van der Waals surface area (Å²) >= 11 is 10.9. The molecule has 0 fully saturated rings. The van der Waals surface area contributed by atoms with Crippen LogP contribution in [0.1, 0.15) is 26.9 Å². The Bertz CT molecular complexity index is 1090. The number of pyridine rings is 1. The molecule has 2 heterocycles. The third-order valence-electron chi connectivity index (χ3n) is 4.30. The van der Waals surface area contributed by atoms with E-state index in [2.05, 4.69) is 26.0 Å². The van der Waals surface area contributed by atoms with Gasteiger partial charge in [0.15, 0.2) is 0 Å². The van der Waals surface area contributed by atoms with Gasteiger partial charge in [0, 0.05) is 33.0 Å². The minimum Gasteiger partial charge on any atom is -0.496 e. The van der Waals surface area contributed by atoms with Gasteiger partial charge >= 0.3 is 0 Å². The van der Waals surface area contributed by atoms with Crippen LogP contribution in [0.2, 0.25) is 5.02 Å². The second-order valence-electron chi connectivity index (χ2n) is 6.17. The molecule has 1 atom stereocenters. The molecule has 8 heteroatoms. The Morgan fingerprint density at radius 2 is 1.93 bits per heavy atom. The maximum absolute atomic E-state index is 13.3. The van der Waals surface area contributed by atoms with Crippen molar-refractivity contribution in [2.24, 2.45) is 5.10 Å². The van der Waals surface area contributed by atoms with Crippen LogP contribution in [0.5, 0.6) is 5.75 Å². The highest BCUT2D eigenvalue weighted by molar-refractivity contribution is 9.10. The zero-order valence-corrected chi connectivity index (χ0v) is 18.4. The van der Waals surface area contributed by atoms with Crippen molar-refractivity contribution in [3.8, 4) is 5.75 Å². The quantitative estimate of drug-likeness (QED) is 0.469. The van der Waals surface area contributed by atoms with Gasteiger partial charge in [-0.2, -0.15) is 5.10 Å². The molecule has 4 rings (SSSR count). The van der Waals surface area contributed by atoms with Crippen molar-refractivity contribution in [3.05, 3.63) is 93.2 Å². The number of nitrogens with zero attached hydrogens (tertiary/aromatic N) is 3. The average Bonchev–Trinajstić information content (AvgIpc) is 3.19. The number of carbonyl (C=O) groups excluding carboxylic acids is 1. The van der Waals surface area contributed by atoms with Gasteiger partial charge in [0.2, 0.25) is 0 Å². The van der Waals surface area contributed by atoms with Gasteiger partial charge in [-0.1, -0.05) is 53.7 Å². The van der Waals surface area contributed by atoms with Crippen LogP contribution < -0.4 is 4.74 Å². The van der Waals surface area contributed by atoms with Crippen molar-refractivity contribution in [3.63, 3.8) is 0 Å². The molecule has 0 unspecified atom stereocenters. The van der Waals surface area contributed by atoms with Gasteiger partial charge in [0.25, 0.3) is 5.91 Å². The average molecular weight is 489 g/mol. The lowest BCUT2D eigenvalue weighted by Gasteiger charge is -2.22. The fraction of sp³-hybridized carbons (Fsp3) is 0.0952. The molecule has 0 N–H and O–H groups in total. The van der Waals surface area contributed by atoms with E-state index in [1.165, 1.54) is 23.0 Å². The van der Waals surface area contributed by atoms with Crippen LogP contribution in [0.3, 0.4) is 0 Å². The number of hydrogen-bond acceptors (Lipinski definition) is 5. The zero-order valence-electron chi connectivity index (χ0n) is 15.3. The van der Waals surface area contributed by atoms with Gasteiger partial charge in [-0.15, -0.1) is 0 Å². The summed E-state index contributed by atoms with van der Waals surface area (Å²) in [6.45, 7) is 0. The SMILES string of the molecule is COc1ccccc1[C@H]1SC(c2ccc(Cl)cc2)=NN1C(=O)c1cncc(Br)c1. The number of thioether (sulfide) groups is 1. The molecule has 2 aromatic carbocycles. The Hall–Kier alpha value is -2.35. The molecule has 1 aliphatic heterocycles. The highest BCUT2D eigenvalue weighted by Crippen LogP contribution is 2.45. The highest BCUT2D eigenvalue weighted by Gasteiger charge is 2.36. The molecular formula is C21H15BrClN3O2S. The first-order chi connectivity index (χ1) is 14.1. The number of para-hydroxylation sites is 1. The summed E-state index contributed by atoms with van der Waals surface area (Å²) in [5.74, 6) is 0.453. The van der Waals surface area contributed by atoms with Crippen LogP contribution in [0.15, 0.2) is 76.6 Å². The van der Waals surface area contributed by atoms with Crippen molar-refractivity contribution in [1.29, 1.82) is 0 Å². The van der Waals surface area contributed by atoms with E-state index < -0.39 is 0 Å². The Balaban J connectivity index is 1.77. The van der Waals surface area contributed by atoms with Crippen molar-refractivity contribution >= 4 is 50.2 Å². The summed E-state index contributed by atoms with van der Waals surface area (Å²) in [7, 11) is 1.61. The Kier molecular flexibility index (Phi) is 5.89. The Morgan fingerprint density at radius 3 is 2.66 bits per heavy atom. The standard InChI is InChI=1S/C21H15BrClN3O2S/c1-28-18-5-3-2-4-17(18)21-26(20(27)14-10-15(22)12-24-11-14)25-19(29-21)13-6-8-16(23)9-7-13/h2-12,21H,1H3/t21-/m1/s1. The maximum atomic E-state index is 13.3. The zero-order chi connectivity index (χ0) is 20.4. The smallest absolute Gasteiger partial charge is 0.277 e. The minimum absolute atomic E-state index is 0.244. The fourth-order valence-corrected chi connectivity index (χ4v) is 4.60. The summed E-state index contributed by atoms with van der Waals surface area (Å²) in [5, 5.41) is 7.13. The number of amides is 1. The molecule has 0 saturated heterocycles. The molecule has 0 aliphatic carbocycles. The second kappa shape index (κ2) is 8.57. The van der Waals surface area contributed by atoms with E-state index in [0.717, 1.165) is 20.6 Å².